The maximum Gasteiger partial charge on any atom is 0.326 e. The second kappa shape index (κ2) is 9.82. The first-order chi connectivity index (χ1) is 13.8. The van der Waals surface area contributed by atoms with Gasteiger partial charge in [-0.1, -0.05) is 50.6 Å². The van der Waals surface area contributed by atoms with Crippen molar-refractivity contribution in [3.8, 4) is 0 Å². The zero-order chi connectivity index (χ0) is 21.6. The number of amides is 1. The molecule has 154 valence electrons. The summed E-state index contributed by atoms with van der Waals surface area (Å²) in [5.41, 5.74) is 7.73. The molecule has 7 heteroatoms. The Morgan fingerprint density at radius 3 is 2.38 bits per heavy atom. The lowest BCUT2D eigenvalue weighted by Crippen LogP contribution is -2.48. The van der Waals surface area contributed by atoms with Crippen LogP contribution in [0.1, 0.15) is 42.9 Å². The number of hydrogen-bond acceptors (Lipinski definition) is 4. The van der Waals surface area contributed by atoms with Crippen molar-refractivity contribution in [3.05, 3.63) is 65.5 Å². The highest BCUT2D eigenvalue weighted by molar-refractivity contribution is 5.95. The fourth-order valence-corrected chi connectivity index (χ4v) is 3.38. The summed E-state index contributed by atoms with van der Waals surface area (Å²) in [7, 11) is 1.55. The van der Waals surface area contributed by atoms with Gasteiger partial charge in [-0.15, -0.1) is 0 Å². The van der Waals surface area contributed by atoms with E-state index in [0.717, 1.165) is 11.1 Å². The second-order valence-corrected chi connectivity index (χ2v) is 7.27. The van der Waals surface area contributed by atoms with Gasteiger partial charge in [0.15, 0.2) is 0 Å². The summed E-state index contributed by atoms with van der Waals surface area (Å²) in [5, 5.41) is 17.2. The molecule has 0 spiro atoms. The molecule has 0 aliphatic heterocycles. The minimum atomic E-state index is -1.01. The van der Waals surface area contributed by atoms with Gasteiger partial charge < -0.3 is 15.7 Å². The monoisotopic (exact) mass is 396 g/mol. The summed E-state index contributed by atoms with van der Waals surface area (Å²) in [5.74, 6) is -2.03. The molecule has 0 bridgehead atoms. The maximum absolute atomic E-state index is 13.4. The number of hydrogen-bond donors (Lipinski definition) is 3. The van der Waals surface area contributed by atoms with E-state index in [1.165, 1.54) is 4.90 Å². The third-order valence-electron chi connectivity index (χ3n) is 5.29. The molecule has 0 saturated heterocycles. The molecule has 2 aromatic rings. The number of carboxylic acid groups (broad SMARTS) is 1. The summed E-state index contributed by atoms with van der Waals surface area (Å²) in [6.45, 7) is 3.75. The molecular weight excluding hydrogens is 368 g/mol. The highest BCUT2D eigenvalue weighted by Crippen LogP contribution is 2.25. The van der Waals surface area contributed by atoms with Gasteiger partial charge in [0, 0.05) is 25.0 Å². The lowest BCUT2D eigenvalue weighted by molar-refractivity contribution is -0.151. The number of benzene rings is 1. The van der Waals surface area contributed by atoms with E-state index in [4.69, 9.17) is 11.1 Å². The SMILES string of the molecule is CCC(C)C(C(=O)O)N(C)C(=O)[C@@H](Cc1ccc(C(=N)N)cc1)c1cccnc1. The number of carbonyl (C=O) groups excluding carboxylic acids is 1. The molecule has 1 amide bonds. The third-order valence-corrected chi connectivity index (χ3v) is 5.29. The second-order valence-electron chi connectivity index (χ2n) is 7.27. The quantitative estimate of drug-likeness (QED) is 0.444. The van der Waals surface area contributed by atoms with Crippen molar-refractivity contribution >= 4 is 17.7 Å². The Hall–Kier alpha value is -3.22. The van der Waals surface area contributed by atoms with Crippen LogP contribution >= 0.6 is 0 Å². The number of carboxylic acids is 1. The van der Waals surface area contributed by atoms with Crippen molar-refractivity contribution in [1.29, 1.82) is 5.41 Å². The number of likely N-dealkylation sites (N-methyl/N-ethyl adjacent to an activating group) is 1. The van der Waals surface area contributed by atoms with Crippen LogP contribution in [0, 0.1) is 11.3 Å². The summed E-state index contributed by atoms with van der Waals surface area (Å²) >= 11 is 0. The molecule has 2 rings (SSSR count). The summed E-state index contributed by atoms with van der Waals surface area (Å²) in [4.78, 5) is 30.7. The molecule has 0 fully saturated rings. The number of nitrogens with one attached hydrogen (secondary N) is 1. The Morgan fingerprint density at radius 2 is 1.90 bits per heavy atom. The molecule has 1 heterocycles. The molecule has 4 N–H and O–H groups in total. The molecule has 7 nitrogen and oxygen atoms in total. The van der Waals surface area contributed by atoms with Gasteiger partial charge in [0.25, 0.3) is 0 Å². The van der Waals surface area contributed by atoms with E-state index in [-0.39, 0.29) is 17.7 Å². The van der Waals surface area contributed by atoms with E-state index in [9.17, 15) is 14.7 Å². The minimum Gasteiger partial charge on any atom is -0.480 e. The molecule has 0 radical (unpaired) electrons. The number of carbonyl (C=O) groups is 2. The smallest absolute Gasteiger partial charge is 0.326 e. The van der Waals surface area contributed by atoms with E-state index in [2.05, 4.69) is 4.98 Å². The van der Waals surface area contributed by atoms with Crippen molar-refractivity contribution in [2.75, 3.05) is 7.05 Å². The number of rotatable bonds is 9. The van der Waals surface area contributed by atoms with Crippen LogP contribution in [0.3, 0.4) is 0 Å². The van der Waals surface area contributed by atoms with Crippen LogP contribution in [0.2, 0.25) is 0 Å². The van der Waals surface area contributed by atoms with Crippen molar-refractivity contribution in [2.45, 2.75) is 38.6 Å². The lowest BCUT2D eigenvalue weighted by atomic mass is 9.89. The number of aliphatic carboxylic acids is 1. The Labute approximate surface area is 171 Å². The van der Waals surface area contributed by atoms with Crippen LogP contribution in [0.25, 0.3) is 0 Å². The Bertz CT molecular complexity index is 852. The van der Waals surface area contributed by atoms with Crippen molar-refractivity contribution in [1.82, 2.24) is 9.88 Å². The third kappa shape index (κ3) is 5.40. The Balaban J connectivity index is 2.36. The first kappa shape index (κ1) is 22.1. The molecule has 0 aliphatic rings. The summed E-state index contributed by atoms with van der Waals surface area (Å²) in [6, 6.07) is 9.83. The molecular formula is C22H28N4O3. The van der Waals surface area contributed by atoms with Gasteiger partial charge in [0.2, 0.25) is 5.91 Å². The number of amidine groups is 1. The van der Waals surface area contributed by atoms with Gasteiger partial charge in [-0.3, -0.25) is 15.2 Å². The zero-order valence-corrected chi connectivity index (χ0v) is 17.0. The van der Waals surface area contributed by atoms with E-state index in [1.54, 1.807) is 37.6 Å². The lowest BCUT2D eigenvalue weighted by Gasteiger charge is -2.32. The predicted octanol–water partition coefficient (Wildman–Crippen LogP) is 2.65. The topological polar surface area (TPSA) is 120 Å². The van der Waals surface area contributed by atoms with Crippen LogP contribution < -0.4 is 5.73 Å². The van der Waals surface area contributed by atoms with Crippen LogP contribution in [0.15, 0.2) is 48.8 Å². The average molecular weight is 396 g/mol. The molecule has 1 aromatic carbocycles. The van der Waals surface area contributed by atoms with Crippen molar-refractivity contribution in [2.24, 2.45) is 11.7 Å². The standard InChI is InChI=1S/C22H28N4O3/c1-4-14(2)19(22(28)29)26(3)21(27)18(17-6-5-11-25-13-17)12-15-7-9-16(10-8-15)20(23)24/h5-11,13-14,18-19H,4,12H2,1-3H3,(H3,23,24)(H,28,29)/t14?,18-,19?/m0/s1. The first-order valence-electron chi connectivity index (χ1n) is 9.59. The van der Waals surface area contributed by atoms with Gasteiger partial charge in [0.05, 0.1) is 5.92 Å². The number of nitrogens with two attached hydrogens (primary N) is 1. The summed E-state index contributed by atoms with van der Waals surface area (Å²) < 4.78 is 0. The van der Waals surface area contributed by atoms with Crippen LogP contribution in [0.4, 0.5) is 0 Å². The van der Waals surface area contributed by atoms with Crippen LogP contribution in [-0.4, -0.2) is 45.8 Å². The van der Waals surface area contributed by atoms with Gasteiger partial charge >= 0.3 is 5.97 Å². The molecule has 0 saturated carbocycles. The number of nitrogen functional groups attached to an aromatic ring is 1. The normalized spacial score (nSPS) is 13.9. The zero-order valence-electron chi connectivity index (χ0n) is 17.0. The number of pyridine rings is 1. The van der Waals surface area contributed by atoms with Crippen LogP contribution in [0.5, 0.6) is 0 Å². The maximum atomic E-state index is 13.4. The first-order valence-corrected chi connectivity index (χ1v) is 9.59. The molecule has 1 aromatic heterocycles. The van der Waals surface area contributed by atoms with Gasteiger partial charge in [0.1, 0.15) is 11.9 Å². The minimum absolute atomic E-state index is 0.0194. The van der Waals surface area contributed by atoms with E-state index < -0.39 is 17.9 Å². The Kier molecular flexibility index (Phi) is 7.47. The summed E-state index contributed by atoms with van der Waals surface area (Å²) in [6.07, 6.45) is 4.31. The highest BCUT2D eigenvalue weighted by Gasteiger charge is 2.34. The van der Waals surface area contributed by atoms with Gasteiger partial charge in [-0.2, -0.15) is 0 Å². The molecule has 2 unspecified atom stereocenters. The largest absolute Gasteiger partial charge is 0.480 e. The number of aromatic nitrogens is 1. The van der Waals surface area contributed by atoms with E-state index in [1.807, 2.05) is 32.0 Å². The van der Waals surface area contributed by atoms with Gasteiger partial charge in [-0.25, -0.2) is 4.79 Å². The molecule has 29 heavy (non-hydrogen) atoms. The predicted molar refractivity (Wildman–Crippen MR) is 112 cm³/mol. The fraction of sp³-hybridized carbons (Fsp3) is 0.364. The van der Waals surface area contributed by atoms with Crippen LogP contribution in [-0.2, 0) is 16.0 Å². The van der Waals surface area contributed by atoms with Crippen molar-refractivity contribution < 1.29 is 14.7 Å². The van der Waals surface area contributed by atoms with Gasteiger partial charge in [-0.05, 0) is 29.5 Å². The fourth-order valence-electron chi connectivity index (χ4n) is 3.38. The molecule has 3 atom stereocenters. The number of nitrogens with zero attached hydrogens (tertiary/aromatic N) is 2. The van der Waals surface area contributed by atoms with Crippen molar-refractivity contribution in [3.63, 3.8) is 0 Å². The van der Waals surface area contributed by atoms with E-state index >= 15 is 0 Å². The molecule has 0 aliphatic carbocycles. The average Bonchev–Trinajstić information content (AvgIpc) is 2.72. The highest BCUT2D eigenvalue weighted by atomic mass is 16.4. The Morgan fingerprint density at radius 1 is 1.24 bits per heavy atom. The van der Waals surface area contributed by atoms with E-state index in [0.29, 0.717) is 18.4 Å².